The van der Waals surface area contributed by atoms with Gasteiger partial charge in [0.25, 0.3) is 15.9 Å². The lowest BCUT2D eigenvalue weighted by atomic mass is 9.91. The summed E-state index contributed by atoms with van der Waals surface area (Å²) in [5.41, 5.74) is 0.287. The first-order valence-electron chi connectivity index (χ1n) is 10.1. The molecule has 32 heavy (non-hydrogen) atoms. The molecule has 3 rings (SSSR count). The molecule has 0 radical (unpaired) electrons. The highest BCUT2D eigenvalue weighted by Gasteiger charge is 2.28. The molecule has 2 atom stereocenters. The Kier molecular flexibility index (Phi) is 7.47. The molecule has 1 aliphatic heterocycles. The van der Waals surface area contributed by atoms with Crippen LogP contribution in [0.1, 0.15) is 30.6 Å². The number of ether oxygens (including phenoxy) is 2. The van der Waals surface area contributed by atoms with Gasteiger partial charge in [-0.25, -0.2) is 8.42 Å². The fraction of sp³-hybridized carbons (Fsp3) is 0.409. The van der Waals surface area contributed by atoms with E-state index < -0.39 is 10.0 Å². The van der Waals surface area contributed by atoms with Gasteiger partial charge in [0.05, 0.1) is 40.4 Å². The lowest BCUT2D eigenvalue weighted by Crippen LogP contribution is -2.42. The minimum Gasteiger partial charge on any atom is -0.495 e. The van der Waals surface area contributed by atoms with Gasteiger partial charge in [-0.15, -0.1) is 0 Å². The third-order valence-corrected chi connectivity index (χ3v) is 7.34. The van der Waals surface area contributed by atoms with Crippen molar-refractivity contribution in [3.63, 3.8) is 0 Å². The fourth-order valence-electron chi connectivity index (χ4n) is 3.98. The van der Waals surface area contributed by atoms with Crippen LogP contribution in [0.4, 0.5) is 5.69 Å². The highest BCUT2D eigenvalue weighted by atomic mass is 35.5. The fourth-order valence-corrected chi connectivity index (χ4v) is 5.50. The smallest absolute Gasteiger partial charge is 0.262 e. The molecule has 7 nitrogen and oxygen atoms in total. The van der Waals surface area contributed by atoms with E-state index in [1.54, 1.807) is 4.90 Å². The SMILES string of the molecule is COc1cc(OC)c(NS(=O)(=O)c2ccc(Cl)c(C(=O)N3CC(C)CC(C)C3)c2)cc1Cl. The highest BCUT2D eigenvalue weighted by molar-refractivity contribution is 7.92. The van der Waals surface area contributed by atoms with Crippen LogP contribution in [0.3, 0.4) is 0 Å². The van der Waals surface area contributed by atoms with Crippen LogP contribution < -0.4 is 14.2 Å². The van der Waals surface area contributed by atoms with Gasteiger partial charge in [-0.1, -0.05) is 37.0 Å². The van der Waals surface area contributed by atoms with Crippen LogP contribution in [-0.2, 0) is 10.0 Å². The minimum atomic E-state index is -4.07. The number of hydrogen-bond acceptors (Lipinski definition) is 5. The molecule has 2 aromatic carbocycles. The Hall–Kier alpha value is -2.16. The molecule has 1 saturated heterocycles. The maximum atomic E-state index is 13.1. The topological polar surface area (TPSA) is 84.9 Å². The van der Waals surface area contributed by atoms with E-state index in [-0.39, 0.29) is 37.8 Å². The maximum Gasteiger partial charge on any atom is 0.262 e. The molecule has 0 spiro atoms. The monoisotopic (exact) mass is 500 g/mol. The number of amides is 1. The van der Waals surface area contributed by atoms with Crippen molar-refractivity contribution in [3.05, 3.63) is 45.9 Å². The highest BCUT2D eigenvalue weighted by Crippen LogP contribution is 2.37. The Morgan fingerprint density at radius 3 is 2.22 bits per heavy atom. The van der Waals surface area contributed by atoms with Crippen molar-refractivity contribution >= 4 is 44.8 Å². The predicted octanol–water partition coefficient (Wildman–Crippen LogP) is 4.93. The molecule has 1 fully saturated rings. The molecule has 1 aliphatic rings. The number of benzene rings is 2. The zero-order valence-electron chi connectivity index (χ0n) is 18.3. The largest absolute Gasteiger partial charge is 0.495 e. The number of piperidine rings is 1. The summed E-state index contributed by atoms with van der Waals surface area (Å²) in [5.74, 6) is 1.02. The number of hydrogen-bond donors (Lipinski definition) is 1. The Labute approximate surface area is 198 Å². The van der Waals surface area contributed by atoms with Crippen LogP contribution in [0.5, 0.6) is 11.5 Å². The molecule has 1 N–H and O–H groups in total. The maximum absolute atomic E-state index is 13.1. The molecule has 174 valence electrons. The van der Waals surface area contributed by atoms with Gasteiger partial charge in [-0.2, -0.15) is 0 Å². The number of methoxy groups -OCH3 is 2. The second-order valence-electron chi connectivity index (χ2n) is 8.09. The van der Waals surface area contributed by atoms with E-state index in [0.29, 0.717) is 30.7 Å². The summed E-state index contributed by atoms with van der Waals surface area (Å²) in [5, 5.41) is 0.413. The van der Waals surface area contributed by atoms with Gasteiger partial charge in [0.1, 0.15) is 11.5 Å². The van der Waals surface area contributed by atoms with E-state index >= 15 is 0 Å². The summed E-state index contributed by atoms with van der Waals surface area (Å²) in [6, 6.07) is 6.94. The molecule has 10 heteroatoms. The molecule has 2 aromatic rings. The van der Waals surface area contributed by atoms with E-state index in [0.717, 1.165) is 6.42 Å². The quantitative estimate of drug-likeness (QED) is 0.607. The van der Waals surface area contributed by atoms with Crippen LogP contribution in [0.2, 0.25) is 10.0 Å². The van der Waals surface area contributed by atoms with Crippen molar-refractivity contribution < 1.29 is 22.7 Å². The molecule has 2 unspecified atom stereocenters. The summed E-state index contributed by atoms with van der Waals surface area (Å²) in [4.78, 5) is 14.8. The standard InChI is InChI=1S/C22H26Cl2N2O5S/c1-13-7-14(2)12-26(11-13)22(27)16-8-15(5-6-17(16)23)32(28,29)25-19-9-18(24)20(30-3)10-21(19)31-4/h5-6,8-10,13-14,25H,7,11-12H2,1-4H3. The molecule has 0 aliphatic carbocycles. The normalized spacial score (nSPS) is 18.9. The lowest BCUT2D eigenvalue weighted by Gasteiger charge is -2.35. The van der Waals surface area contributed by atoms with Gasteiger partial charge in [0, 0.05) is 19.2 Å². The van der Waals surface area contributed by atoms with Crippen LogP contribution in [0.25, 0.3) is 0 Å². The number of sulfonamides is 1. The van der Waals surface area contributed by atoms with Crippen LogP contribution >= 0.6 is 23.2 Å². The number of halogens is 2. The number of rotatable bonds is 6. The van der Waals surface area contributed by atoms with Crippen molar-refractivity contribution in [1.29, 1.82) is 0 Å². The van der Waals surface area contributed by atoms with Crippen molar-refractivity contribution in [1.82, 2.24) is 4.90 Å². The van der Waals surface area contributed by atoms with Gasteiger partial charge in [-0.3, -0.25) is 9.52 Å². The van der Waals surface area contributed by atoms with Crippen LogP contribution in [0, 0.1) is 11.8 Å². The van der Waals surface area contributed by atoms with E-state index in [4.69, 9.17) is 32.7 Å². The molecule has 1 amide bonds. The number of carbonyl (C=O) groups excluding carboxylic acids is 1. The molecular formula is C22H26Cl2N2O5S. The molecule has 0 bridgehead atoms. The molecule has 0 saturated carbocycles. The average molecular weight is 501 g/mol. The van der Waals surface area contributed by atoms with Gasteiger partial charge in [-0.05, 0) is 42.5 Å². The van der Waals surface area contributed by atoms with Gasteiger partial charge in [0.15, 0.2) is 0 Å². The van der Waals surface area contributed by atoms with E-state index in [1.807, 2.05) is 0 Å². The van der Waals surface area contributed by atoms with E-state index in [9.17, 15) is 13.2 Å². The summed E-state index contributed by atoms with van der Waals surface area (Å²) in [6.45, 7) is 5.40. The number of likely N-dealkylation sites (tertiary alicyclic amines) is 1. The summed E-state index contributed by atoms with van der Waals surface area (Å²) in [6.07, 6.45) is 1.04. The van der Waals surface area contributed by atoms with E-state index in [2.05, 4.69) is 18.6 Å². The van der Waals surface area contributed by atoms with Crippen molar-refractivity contribution in [2.45, 2.75) is 25.2 Å². The predicted molar refractivity (Wildman–Crippen MR) is 126 cm³/mol. The first kappa shape index (κ1) is 24.5. The third-order valence-electron chi connectivity index (χ3n) is 5.35. The minimum absolute atomic E-state index is 0.0997. The second-order valence-corrected chi connectivity index (χ2v) is 10.6. The second kappa shape index (κ2) is 9.77. The lowest BCUT2D eigenvalue weighted by molar-refractivity contribution is 0.0623. The van der Waals surface area contributed by atoms with E-state index in [1.165, 1.54) is 44.6 Å². The van der Waals surface area contributed by atoms with Gasteiger partial charge in [0.2, 0.25) is 0 Å². The summed E-state index contributed by atoms with van der Waals surface area (Å²) < 4.78 is 39.0. The van der Waals surface area contributed by atoms with Crippen LogP contribution in [-0.4, -0.2) is 46.5 Å². The van der Waals surface area contributed by atoms with Gasteiger partial charge >= 0.3 is 0 Å². The summed E-state index contributed by atoms with van der Waals surface area (Å²) in [7, 11) is -1.22. The first-order chi connectivity index (χ1) is 15.1. The molecule has 0 aromatic heterocycles. The summed E-state index contributed by atoms with van der Waals surface area (Å²) >= 11 is 12.4. The molecule has 1 heterocycles. The Morgan fingerprint density at radius 2 is 1.62 bits per heavy atom. The van der Waals surface area contributed by atoms with Crippen molar-refractivity contribution in [2.24, 2.45) is 11.8 Å². The Balaban J connectivity index is 1.93. The molecular weight excluding hydrogens is 475 g/mol. The zero-order valence-corrected chi connectivity index (χ0v) is 20.6. The number of anilines is 1. The number of nitrogens with one attached hydrogen (secondary N) is 1. The number of nitrogens with zero attached hydrogens (tertiary/aromatic N) is 1. The average Bonchev–Trinajstić information content (AvgIpc) is 2.72. The first-order valence-corrected chi connectivity index (χ1v) is 12.3. The van der Waals surface area contributed by atoms with Crippen LogP contribution in [0.15, 0.2) is 35.2 Å². The Morgan fingerprint density at radius 1 is 1.00 bits per heavy atom. The van der Waals surface area contributed by atoms with Gasteiger partial charge < -0.3 is 14.4 Å². The number of carbonyl (C=O) groups is 1. The Bertz CT molecular complexity index is 1110. The third kappa shape index (κ3) is 5.24. The van der Waals surface area contributed by atoms with Crippen molar-refractivity contribution in [3.8, 4) is 11.5 Å². The zero-order chi connectivity index (χ0) is 23.6. The van der Waals surface area contributed by atoms with Crippen molar-refractivity contribution in [2.75, 3.05) is 32.0 Å².